The Balaban J connectivity index is 1.80. The fraction of sp³-hybridized carbons (Fsp3) is 0.333. The Hall–Kier alpha value is -1.21. The zero-order chi connectivity index (χ0) is 17.0. The molecule has 4 nitrogen and oxygen atoms in total. The van der Waals surface area contributed by atoms with E-state index in [1.54, 1.807) is 24.3 Å². The summed E-state index contributed by atoms with van der Waals surface area (Å²) < 4.78 is 28.7. The van der Waals surface area contributed by atoms with Crippen LogP contribution in [-0.2, 0) is 10.0 Å². The fourth-order valence-corrected chi connectivity index (χ4v) is 5.15. The van der Waals surface area contributed by atoms with E-state index in [4.69, 9.17) is 0 Å². The Bertz CT molecular complexity index is 775. The van der Waals surface area contributed by atoms with E-state index < -0.39 is 10.0 Å². The van der Waals surface area contributed by atoms with Crippen LogP contribution in [0.15, 0.2) is 64.0 Å². The molecule has 0 bridgehead atoms. The van der Waals surface area contributed by atoms with Crippen LogP contribution in [-0.4, -0.2) is 33.0 Å². The van der Waals surface area contributed by atoms with E-state index in [9.17, 15) is 8.42 Å². The average molecular weight is 409 g/mol. The molecule has 1 aliphatic heterocycles. The van der Waals surface area contributed by atoms with Crippen molar-refractivity contribution in [3.8, 4) is 0 Å². The van der Waals surface area contributed by atoms with Gasteiger partial charge in [-0.2, -0.15) is 0 Å². The lowest BCUT2D eigenvalue weighted by Crippen LogP contribution is -2.36. The summed E-state index contributed by atoms with van der Waals surface area (Å²) in [6.45, 7) is 2.39. The van der Waals surface area contributed by atoms with Crippen LogP contribution in [0.3, 0.4) is 0 Å². The minimum atomic E-state index is -3.55. The second kappa shape index (κ2) is 7.78. The lowest BCUT2D eigenvalue weighted by Gasteiger charge is -2.28. The molecule has 2 aromatic rings. The second-order valence-corrected chi connectivity index (χ2v) is 8.54. The van der Waals surface area contributed by atoms with Gasteiger partial charge in [-0.05, 0) is 59.6 Å². The van der Waals surface area contributed by atoms with E-state index >= 15 is 0 Å². The summed E-state index contributed by atoms with van der Waals surface area (Å²) >= 11 is 3.32. The number of nitrogens with one attached hydrogen (secondary N) is 1. The van der Waals surface area contributed by atoms with Crippen molar-refractivity contribution in [2.24, 2.45) is 0 Å². The Morgan fingerprint density at radius 3 is 2.29 bits per heavy atom. The van der Waals surface area contributed by atoms with Crippen LogP contribution in [0, 0.1) is 0 Å². The Labute approximate surface area is 152 Å². The summed E-state index contributed by atoms with van der Waals surface area (Å²) in [6.07, 6.45) is 2.33. The number of benzene rings is 2. The molecule has 0 aromatic heterocycles. The fourth-order valence-electron chi connectivity index (χ4n) is 3.12. The van der Waals surface area contributed by atoms with Crippen molar-refractivity contribution in [2.45, 2.75) is 23.8 Å². The molecule has 24 heavy (non-hydrogen) atoms. The minimum absolute atomic E-state index is 0.0611. The SMILES string of the molecule is O=S(=O)(NCC(c1ccccc1)N1CCCC1)c1ccccc1Br. The summed E-state index contributed by atoms with van der Waals surface area (Å²) in [5.74, 6) is 0. The van der Waals surface area contributed by atoms with Gasteiger partial charge in [0.15, 0.2) is 0 Å². The summed E-state index contributed by atoms with van der Waals surface area (Å²) in [5, 5.41) is 0. The number of hydrogen-bond acceptors (Lipinski definition) is 3. The van der Waals surface area contributed by atoms with E-state index in [1.165, 1.54) is 12.8 Å². The summed E-state index contributed by atoms with van der Waals surface area (Å²) in [5.41, 5.74) is 1.15. The van der Waals surface area contributed by atoms with Crippen LogP contribution < -0.4 is 4.72 Å². The highest BCUT2D eigenvalue weighted by atomic mass is 79.9. The summed E-state index contributed by atoms with van der Waals surface area (Å²) in [6, 6.07) is 17.1. The standard InChI is InChI=1S/C18H21BrN2O2S/c19-16-10-4-5-11-18(16)24(22,23)20-14-17(21-12-6-7-13-21)15-8-2-1-3-9-15/h1-5,8-11,17,20H,6-7,12-14H2. The van der Waals surface area contributed by atoms with Crippen molar-refractivity contribution in [1.82, 2.24) is 9.62 Å². The molecule has 3 rings (SSSR count). The van der Waals surface area contributed by atoms with Gasteiger partial charge in [0.05, 0.1) is 4.90 Å². The molecule has 0 saturated carbocycles. The molecule has 0 radical (unpaired) electrons. The molecule has 1 atom stereocenters. The van der Waals surface area contributed by atoms with Crippen LogP contribution in [0.5, 0.6) is 0 Å². The van der Waals surface area contributed by atoms with Crippen molar-refractivity contribution in [1.29, 1.82) is 0 Å². The molecule has 1 N–H and O–H groups in total. The lowest BCUT2D eigenvalue weighted by molar-refractivity contribution is 0.246. The molecule has 0 spiro atoms. The summed E-state index contributed by atoms with van der Waals surface area (Å²) in [7, 11) is -3.55. The van der Waals surface area contributed by atoms with Gasteiger partial charge in [0, 0.05) is 17.1 Å². The average Bonchev–Trinajstić information content (AvgIpc) is 3.10. The second-order valence-electron chi connectivity index (χ2n) is 5.95. The van der Waals surface area contributed by atoms with Gasteiger partial charge in [0.25, 0.3) is 0 Å². The van der Waals surface area contributed by atoms with Crippen molar-refractivity contribution in [3.63, 3.8) is 0 Å². The molecule has 1 unspecified atom stereocenters. The van der Waals surface area contributed by atoms with Crippen molar-refractivity contribution < 1.29 is 8.42 Å². The van der Waals surface area contributed by atoms with E-state index in [1.807, 2.05) is 18.2 Å². The van der Waals surface area contributed by atoms with Gasteiger partial charge in [-0.3, -0.25) is 4.90 Å². The predicted octanol–water partition coefficient (Wildman–Crippen LogP) is 3.56. The molecule has 1 saturated heterocycles. The number of sulfonamides is 1. The number of hydrogen-bond donors (Lipinski definition) is 1. The number of nitrogens with zero attached hydrogens (tertiary/aromatic N) is 1. The molecule has 1 fully saturated rings. The highest BCUT2D eigenvalue weighted by Crippen LogP contribution is 2.26. The highest BCUT2D eigenvalue weighted by molar-refractivity contribution is 9.10. The number of rotatable bonds is 6. The van der Waals surface area contributed by atoms with Crippen molar-refractivity contribution >= 4 is 26.0 Å². The Kier molecular flexibility index (Phi) is 5.71. The molecule has 1 aliphatic rings. The van der Waals surface area contributed by atoms with Gasteiger partial charge in [0.2, 0.25) is 10.0 Å². The van der Waals surface area contributed by atoms with Gasteiger partial charge in [0.1, 0.15) is 0 Å². The van der Waals surface area contributed by atoms with Crippen LogP contribution in [0.4, 0.5) is 0 Å². The quantitative estimate of drug-likeness (QED) is 0.794. The summed E-state index contributed by atoms with van der Waals surface area (Å²) in [4.78, 5) is 2.64. The maximum absolute atomic E-state index is 12.6. The molecule has 2 aromatic carbocycles. The molecular weight excluding hydrogens is 388 g/mol. The van der Waals surface area contributed by atoms with Gasteiger partial charge in [-0.1, -0.05) is 42.5 Å². The first kappa shape index (κ1) is 17.6. The topological polar surface area (TPSA) is 49.4 Å². The van der Waals surface area contributed by atoms with Crippen LogP contribution >= 0.6 is 15.9 Å². The van der Waals surface area contributed by atoms with Gasteiger partial charge >= 0.3 is 0 Å². The van der Waals surface area contributed by atoms with Crippen LogP contribution in [0.25, 0.3) is 0 Å². The first-order chi connectivity index (χ1) is 11.6. The van der Waals surface area contributed by atoms with E-state index in [0.717, 1.165) is 18.7 Å². The van der Waals surface area contributed by atoms with Crippen molar-refractivity contribution in [3.05, 3.63) is 64.6 Å². The third-order valence-corrected chi connectivity index (χ3v) is 6.79. The normalized spacial score (nSPS) is 17.0. The Morgan fingerprint density at radius 1 is 1.00 bits per heavy atom. The molecule has 0 amide bonds. The van der Waals surface area contributed by atoms with Gasteiger partial charge in [-0.15, -0.1) is 0 Å². The molecule has 128 valence electrons. The number of halogens is 1. The Morgan fingerprint density at radius 2 is 1.62 bits per heavy atom. The van der Waals surface area contributed by atoms with E-state index in [-0.39, 0.29) is 10.9 Å². The molecular formula is C18H21BrN2O2S. The molecule has 1 heterocycles. The maximum atomic E-state index is 12.6. The van der Waals surface area contributed by atoms with Crippen LogP contribution in [0.1, 0.15) is 24.4 Å². The lowest BCUT2D eigenvalue weighted by atomic mass is 10.1. The first-order valence-electron chi connectivity index (χ1n) is 8.11. The minimum Gasteiger partial charge on any atom is -0.295 e. The first-order valence-corrected chi connectivity index (χ1v) is 10.4. The zero-order valence-corrected chi connectivity index (χ0v) is 15.8. The maximum Gasteiger partial charge on any atom is 0.241 e. The highest BCUT2D eigenvalue weighted by Gasteiger charge is 2.26. The third kappa shape index (κ3) is 4.06. The molecule has 6 heteroatoms. The largest absolute Gasteiger partial charge is 0.295 e. The van der Waals surface area contributed by atoms with Gasteiger partial charge < -0.3 is 0 Å². The van der Waals surface area contributed by atoms with E-state index in [0.29, 0.717) is 11.0 Å². The smallest absolute Gasteiger partial charge is 0.241 e. The molecule has 0 aliphatic carbocycles. The van der Waals surface area contributed by atoms with E-state index in [2.05, 4.69) is 37.7 Å². The third-order valence-electron chi connectivity index (χ3n) is 4.36. The van der Waals surface area contributed by atoms with Crippen LogP contribution in [0.2, 0.25) is 0 Å². The van der Waals surface area contributed by atoms with Gasteiger partial charge in [-0.25, -0.2) is 13.1 Å². The zero-order valence-electron chi connectivity index (χ0n) is 13.4. The monoisotopic (exact) mass is 408 g/mol. The number of likely N-dealkylation sites (tertiary alicyclic amines) is 1. The predicted molar refractivity (Wildman–Crippen MR) is 99.3 cm³/mol. The van der Waals surface area contributed by atoms with Crippen molar-refractivity contribution in [2.75, 3.05) is 19.6 Å².